The van der Waals surface area contributed by atoms with Crippen LogP contribution in [-0.2, 0) is 11.0 Å². The second-order valence-electron chi connectivity index (χ2n) is 3.25. The van der Waals surface area contributed by atoms with E-state index in [-0.39, 0.29) is 21.4 Å². The van der Waals surface area contributed by atoms with Crippen LogP contribution in [0.2, 0.25) is 0 Å². The Hall–Kier alpha value is -1.57. The molecule has 0 aromatic heterocycles. The molecular formula is C9H4BrF3N2O2. The molecule has 0 saturated carbocycles. The van der Waals surface area contributed by atoms with E-state index in [0.29, 0.717) is 0 Å². The van der Waals surface area contributed by atoms with Crippen molar-refractivity contribution < 1.29 is 23.2 Å². The molecule has 0 spiro atoms. The smallest absolute Gasteiger partial charge is 0.410 e. The molecule has 2 N–H and O–H groups in total. The van der Waals surface area contributed by atoms with Crippen LogP contribution in [0.1, 0.15) is 11.1 Å². The molecule has 2 rings (SSSR count). The first-order valence-corrected chi connectivity index (χ1v) is 5.09. The normalized spacial score (nSPS) is 17.2. The van der Waals surface area contributed by atoms with Crippen molar-refractivity contribution >= 4 is 33.2 Å². The lowest BCUT2D eigenvalue weighted by molar-refractivity contribution is -0.138. The number of anilines is 1. The Labute approximate surface area is 101 Å². The zero-order valence-corrected chi connectivity index (χ0v) is 9.56. The molecule has 17 heavy (non-hydrogen) atoms. The van der Waals surface area contributed by atoms with Crippen molar-refractivity contribution in [2.24, 2.45) is 5.16 Å². The molecule has 1 aromatic rings. The van der Waals surface area contributed by atoms with E-state index in [4.69, 9.17) is 5.21 Å². The molecule has 0 fully saturated rings. The topological polar surface area (TPSA) is 61.7 Å². The third kappa shape index (κ3) is 1.78. The van der Waals surface area contributed by atoms with Crippen LogP contribution in [-0.4, -0.2) is 16.8 Å². The van der Waals surface area contributed by atoms with Gasteiger partial charge in [-0.15, -0.1) is 0 Å². The number of hydrogen-bond donors (Lipinski definition) is 2. The lowest BCUT2D eigenvalue weighted by Gasteiger charge is -2.11. The van der Waals surface area contributed by atoms with E-state index < -0.39 is 17.6 Å². The maximum atomic E-state index is 12.6. The van der Waals surface area contributed by atoms with Crippen LogP contribution in [0.4, 0.5) is 18.9 Å². The predicted molar refractivity (Wildman–Crippen MR) is 56.1 cm³/mol. The quantitative estimate of drug-likeness (QED) is 0.571. The van der Waals surface area contributed by atoms with Gasteiger partial charge in [0, 0.05) is 5.56 Å². The van der Waals surface area contributed by atoms with Gasteiger partial charge in [0.25, 0.3) is 5.91 Å². The molecular weight excluding hydrogens is 305 g/mol. The van der Waals surface area contributed by atoms with Crippen LogP contribution in [0.25, 0.3) is 0 Å². The first-order chi connectivity index (χ1) is 7.86. The number of nitrogens with zero attached hydrogens (tertiary/aromatic N) is 1. The number of amides is 1. The summed E-state index contributed by atoms with van der Waals surface area (Å²) in [5.41, 5.74) is -1.14. The minimum Gasteiger partial charge on any atom is -0.410 e. The van der Waals surface area contributed by atoms with Crippen molar-refractivity contribution in [2.45, 2.75) is 6.18 Å². The molecule has 8 heteroatoms. The molecule has 4 nitrogen and oxygen atoms in total. The summed E-state index contributed by atoms with van der Waals surface area (Å²) in [6.07, 6.45) is -4.53. The Morgan fingerprint density at radius 3 is 2.53 bits per heavy atom. The van der Waals surface area contributed by atoms with Crippen molar-refractivity contribution in [3.8, 4) is 0 Å². The lowest BCUT2D eigenvalue weighted by atomic mass is 10.1. The summed E-state index contributed by atoms with van der Waals surface area (Å²) in [5.74, 6) is -0.748. The van der Waals surface area contributed by atoms with Crippen LogP contribution in [0.15, 0.2) is 21.8 Å². The van der Waals surface area contributed by atoms with Crippen molar-refractivity contribution in [1.82, 2.24) is 0 Å². The first kappa shape index (κ1) is 11.9. The van der Waals surface area contributed by atoms with E-state index >= 15 is 0 Å². The Morgan fingerprint density at radius 1 is 1.35 bits per heavy atom. The SMILES string of the molecule is O=C1Nc2c(ccc(C(F)(F)F)c2Br)C1=NO. The van der Waals surface area contributed by atoms with Gasteiger partial charge in [0.1, 0.15) is 0 Å². The van der Waals surface area contributed by atoms with Crippen LogP contribution < -0.4 is 5.32 Å². The van der Waals surface area contributed by atoms with E-state index in [2.05, 4.69) is 26.4 Å². The second kappa shape index (κ2) is 3.73. The predicted octanol–water partition coefficient (Wildman–Crippen LogP) is 2.60. The number of benzene rings is 1. The highest BCUT2D eigenvalue weighted by Gasteiger charge is 2.37. The molecule has 0 bridgehead atoms. The van der Waals surface area contributed by atoms with Crippen molar-refractivity contribution in [3.05, 3.63) is 27.7 Å². The average molecular weight is 309 g/mol. The number of carbonyl (C=O) groups is 1. The fourth-order valence-electron chi connectivity index (χ4n) is 1.51. The molecule has 90 valence electrons. The van der Waals surface area contributed by atoms with Gasteiger partial charge >= 0.3 is 6.18 Å². The summed E-state index contributed by atoms with van der Waals surface area (Å²) >= 11 is 2.78. The van der Waals surface area contributed by atoms with Crippen LogP contribution in [0.3, 0.4) is 0 Å². The molecule has 1 heterocycles. The minimum atomic E-state index is -4.53. The van der Waals surface area contributed by atoms with E-state index in [1.54, 1.807) is 0 Å². The van der Waals surface area contributed by atoms with Crippen molar-refractivity contribution in [1.29, 1.82) is 0 Å². The fraction of sp³-hybridized carbons (Fsp3) is 0.111. The maximum absolute atomic E-state index is 12.6. The first-order valence-electron chi connectivity index (χ1n) is 4.29. The molecule has 0 aliphatic carbocycles. The molecule has 0 atom stereocenters. The standard InChI is InChI=1S/C9H4BrF3N2O2/c10-5-4(9(11,12)13)2-1-3-6(5)14-8(16)7(3)15-17/h1-2,17H,(H,14,15,16). The lowest BCUT2D eigenvalue weighted by Crippen LogP contribution is -2.14. The largest absolute Gasteiger partial charge is 0.417 e. The number of hydrogen-bond acceptors (Lipinski definition) is 3. The van der Waals surface area contributed by atoms with Gasteiger partial charge in [-0.2, -0.15) is 13.2 Å². The molecule has 1 aromatic carbocycles. The van der Waals surface area contributed by atoms with Gasteiger partial charge in [-0.05, 0) is 28.1 Å². The van der Waals surface area contributed by atoms with Crippen LogP contribution in [0.5, 0.6) is 0 Å². The second-order valence-corrected chi connectivity index (χ2v) is 4.04. The van der Waals surface area contributed by atoms with Gasteiger partial charge in [0.2, 0.25) is 0 Å². The Bertz CT molecular complexity index is 540. The summed E-state index contributed by atoms with van der Waals surface area (Å²) in [5, 5.41) is 13.5. The van der Waals surface area contributed by atoms with Crippen molar-refractivity contribution in [2.75, 3.05) is 5.32 Å². The molecule has 1 amide bonds. The van der Waals surface area contributed by atoms with E-state index in [0.717, 1.165) is 12.1 Å². The van der Waals surface area contributed by atoms with Crippen molar-refractivity contribution in [3.63, 3.8) is 0 Å². The molecule has 0 unspecified atom stereocenters. The highest BCUT2D eigenvalue weighted by Crippen LogP contribution is 2.41. The highest BCUT2D eigenvalue weighted by molar-refractivity contribution is 9.10. The van der Waals surface area contributed by atoms with Gasteiger partial charge in [-0.25, -0.2) is 0 Å². The summed E-state index contributed by atoms with van der Waals surface area (Å²) < 4.78 is 37.4. The fourth-order valence-corrected chi connectivity index (χ4v) is 2.18. The number of oxime groups is 1. The van der Waals surface area contributed by atoms with Gasteiger partial charge < -0.3 is 10.5 Å². The minimum absolute atomic E-state index is 0.0439. The van der Waals surface area contributed by atoms with E-state index in [1.165, 1.54) is 0 Å². The van der Waals surface area contributed by atoms with Crippen LogP contribution >= 0.6 is 15.9 Å². The number of halogens is 4. The monoisotopic (exact) mass is 308 g/mol. The molecule has 1 aliphatic rings. The average Bonchev–Trinajstić information content (AvgIpc) is 2.53. The Morgan fingerprint density at radius 2 is 2.00 bits per heavy atom. The number of nitrogens with one attached hydrogen (secondary N) is 1. The summed E-state index contributed by atoms with van der Waals surface area (Å²) in [6, 6.07) is 1.89. The van der Waals surface area contributed by atoms with E-state index in [1.807, 2.05) is 0 Å². The highest BCUT2D eigenvalue weighted by atomic mass is 79.9. The number of fused-ring (bicyclic) bond motifs is 1. The van der Waals surface area contributed by atoms with Crippen LogP contribution in [0, 0.1) is 0 Å². The number of carbonyl (C=O) groups excluding carboxylic acids is 1. The third-order valence-electron chi connectivity index (χ3n) is 2.26. The van der Waals surface area contributed by atoms with Gasteiger partial charge in [-0.3, -0.25) is 4.79 Å². The summed E-state index contributed by atoms with van der Waals surface area (Å²) in [4.78, 5) is 11.3. The molecule has 0 saturated heterocycles. The zero-order valence-electron chi connectivity index (χ0n) is 7.97. The third-order valence-corrected chi connectivity index (χ3v) is 3.08. The Kier molecular flexibility index (Phi) is 2.61. The van der Waals surface area contributed by atoms with Gasteiger partial charge in [0.05, 0.1) is 15.7 Å². The number of rotatable bonds is 0. The summed E-state index contributed by atoms with van der Waals surface area (Å²) in [7, 11) is 0. The molecule has 1 aliphatic heterocycles. The van der Waals surface area contributed by atoms with Gasteiger partial charge in [-0.1, -0.05) is 5.16 Å². The summed E-state index contributed by atoms with van der Waals surface area (Å²) in [6.45, 7) is 0. The zero-order chi connectivity index (χ0) is 12.8. The van der Waals surface area contributed by atoms with E-state index in [9.17, 15) is 18.0 Å². The number of alkyl halides is 3. The Balaban J connectivity index is 2.65. The maximum Gasteiger partial charge on any atom is 0.417 e. The molecule has 0 radical (unpaired) electrons. The van der Waals surface area contributed by atoms with Gasteiger partial charge in [0.15, 0.2) is 5.71 Å².